The summed E-state index contributed by atoms with van der Waals surface area (Å²) in [5.41, 5.74) is 7.81. The predicted octanol–water partition coefficient (Wildman–Crippen LogP) is 1.24. The van der Waals surface area contributed by atoms with Crippen LogP contribution in [0.15, 0.2) is 30.6 Å². The Labute approximate surface area is 111 Å². The van der Waals surface area contributed by atoms with Crippen LogP contribution >= 0.6 is 0 Å². The maximum Gasteiger partial charge on any atom is 0.253 e. The standard InChI is InChI=1S/C14H16N4O/c15-9-4-5-10(8-9)18-14(19)11-2-1-3-12-13(11)17-7-6-16-12/h1-3,6-7,9-10H,4-5,8,15H2,(H,18,19)/t9-,10-/m1/s1. The number of nitrogens with two attached hydrogens (primary N) is 1. The molecule has 1 aromatic carbocycles. The summed E-state index contributed by atoms with van der Waals surface area (Å²) in [5.74, 6) is -0.0924. The highest BCUT2D eigenvalue weighted by Crippen LogP contribution is 2.19. The van der Waals surface area contributed by atoms with E-state index in [2.05, 4.69) is 15.3 Å². The van der Waals surface area contributed by atoms with Crippen LogP contribution in [0, 0.1) is 0 Å². The fourth-order valence-corrected chi connectivity index (χ4v) is 2.59. The van der Waals surface area contributed by atoms with Crippen molar-refractivity contribution in [3.63, 3.8) is 0 Å². The van der Waals surface area contributed by atoms with Crippen LogP contribution in [0.3, 0.4) is 0 Å². The number of hydrogen-bond donors (Lipinski definition) is 2. The van der Waals surface area contributed by atoms with Crippen molar-refractivity contribution in [3.8, 4) is 0 Å². The Kier molecular flexibility index (Phi) is 3.13. The molecule has 98 valence electrons. The number of hydrogen-bond acceptors (Lipinski definition) is 4. The van der Waals surface area contributed by atoms with Gasteiger partial charge in [-0.2, -0.15) is 0 Å². The van der Waals surface area contributed by atoms with E-state index in [4.69, 9.17) is 5.73 Å². The molecular formula is C14H16N4O. The summed E-state index contributed by atoms with van der Waals surface area (Å²) in [4.78, 5) is 20.8. The number of rotatable bonds is 2. The molecular weight excluding hydrogens is 240 g/mol. The van der Waals surface area contributed by atoms with Crippen LogP contribution in [0.2, 0.25) is 0 Å². The van der Waals surface area contributed by atoms with Gasteiger partial charge in [-0.25, -0.2) is 0 Å². The van der Waals surface area contributed by atoms with Crippen molar-refractivity contribution < 1.29 is 4.79 Å². The number of carbonyl (C=O) groups is 1. The molecule has 1 fully saturated rings. The van der Waals surface area contributed by atoms with Crippen LogP contribution in [0.1, 0.15) is 29.6 Å². The molecule has 1 aliphatic carbocycles. The van der Waals surface area contributed by atoms with Gasteiger partial charge in [0.15, 0.2) is 0 Å². The second-order valence-electron chi connectivity index (χ2n) is 4.97. The second kappa shape index (κ2) is 4.93. The highest BCUT2D eigenvalue weighted by Gasteiger charge is 2.24. The Bertz CT molecular complexity index is 608. The number of nitrogens with one attached hydrogen (secondary N) is 1. The van der Waals surface area contributed by atoms with E-state index in [9.17, 15) is 4.79 Å². The monoisotopic (exact) mass is 256 g/mol. The number of benzene rings is 1. The summed E-state index contributed by atoms with van der Waals surface area (Å²) in [7, 11) is 0. The third kappa shape index (κ3) is 2.42. The molecule has 0 spiro atoms. The first kappa shape index (κ1) is 12.0. The molecule has 0 radical (unpaired) electrons. The molecule has 3 N–H and O–H groups in total. The lowest BCUT2D eigenvalue weighted by Crippen LogP contribution is -2.34. The maximum absolute atomic E-state index is 12.3. The molecule has 0 saturated heterocycles. The van der Waals surface area contributed by atoms with Crippen LogP contribution in [0.4, 0.5) is 0 Å². The second-order valence-corrected chi connectivity index (χ2v) is 4.97. The Hall–Kier alpha value is -2.01. The Balaban J connectivity index is 1.85. The van der Waals surface area contributed by atoms with Gasteiger partial charge in [0.05, 0.1) is 11.1 Å². The van der Waals surface area contributed by atoms with E-state index in [1.165, 1.54) is 0 Å². The molecule has 1 aromatic heterocycles. The van der Waals surface area contributed by atoms with Crippen LogP contribution in [-0.2, 0) is 0 Å². The number of aromatic nitrogens is 2. The summed E-state index contributed by atoms with van der Waals surface area (Å²) in [5, 5.41) is 3.03. The van der Waals surface area contributed by atoms with Crippen LogP contribution < -0.4 is 11.1 Å². The van der Waals surface area contributed by atoms with Gasteiger partial charge in [0.2, 0.25) is 0 Å². The van der Waals surface area contributed by atoms with Crippen LogP contribution in [-0.4, -0.2) is 28.0 Å². The summed E-state index contributed by atoms with van der Waals surface area (Å²) in [6, 6.07) is 5.84. The highest BCUT2D eigenvalue weighted by molar-refractivity contribution is 6.04. The molecule has 1 saturated carbocycles. The topological polar surface area (TPSA) is 80.9 Å². The third-order valence-corrected chi connectivity index (χ3v) is 3.55. The molecule has 1 heterocycles. The number of carbonyl (C=O) groups excluding carboxylic acids is 1. The van der Waals surface area contributed by atoms with Crippen molar-refractivity contribution in [1.82, 2.24) is 15.3 Å². The van der Waals surface area contributed by atoms with E-state index in [1.807, 2.05) is 12.1 Å². The lowest BCUT2D eigenvalue weighted by molar-refractivity contribution is 0.0939. The number of fused-ring (bicyclic) bond motifs is 1. The first-order valence-corrected chi connectivity index (χ1v) is 6.50. The van der Waals surface area contributed by atoms with E-state index in [0.717, 1.165) is 24.8 Å². The van der Waals surface area contributed by atoms with E-state index in [1.54, 1.807) is 18.5 Å². The lowest BCUT2D eigenvalue weighted by atomic mass is 10.1. The minimum absolute atomic E-state index is 0.0924. The van der Waals surface area contributed by atoms with Crippen molar-refractivity contribution in [3.05, 3.63) is 36.2 Å². The summed E-state index contributed by atoms with van der Waals surface area (Å²) < 4.78 is 0. The van der Waals surface area contributed by atoms with Crippen molar-refractivity contribution >= 4 is 16.9 Å². The van der Waals surface area contributed by atoms with E-state index in [0.29, 0.717) is 11.1 Å². The molecule has 0 bridgehead atoms. The molecule has 2 atom stereocenters. The molecule has 1 aliphatic rings. The highest BCUT2D eigenvalue weighted by atomic mass is 16.1. The quantitative estimate of drug-likeness (QED) is 0.847. The number of nitrogens with zero attached hydrogens (tertiary/aromatic N) is 2. The maximum atomic E-state index is 12.3. The molecule has 5 nitrogen and oxygen atoms in total. The van der Waals surface area contributed by atoms with Crippen molar-refractivity contribution in [2.24, 2.45) is 5.73 Å². The summed E-state index contributed by atoms with van der Waals surface area (Å²) in [6.45, 7) is 0. The van der Waals surface area contributed by atoms with Crippen LogP contribution in [0.5, 0.6) is 0 Å². The molecule has 0 aliphatic heterocycles. The van der Waals surface area contributed by atoms with Crippen molar-refractivity contribution in [1.29, 1.82) is 0 Å². The smallest absolute Gasteiger partial charge is 0.253 e. The lowest BCUT2D eigenvalue weighted by Gasteiger charge is -2.13. The summed E-state index contributed by atoms with van der Waals surface area (Å²) in [6.07, 6.45) is 6.00. The molecule has 5 heteroatoms. The number of para-hydroxylation sites is 1. The summed E-state index contributed by atoms with van der Waals surface area (Å²) >= 11 is 0. The van der Waals surface area contributed by atoms with Gasteiger partial charge in [-0.15, -0.1) is 0 Å². The fraction of sp³-hybridized carbons (Fsp3) is 0.357. The third-order valence-electron chi connectivity index (χ3n) is 3.55. The molecule has 1 amide bonds. The normalized spacial score (nSPS) is 22.6. The average molecular weight is 256 g/mol. The Morgan fingerprint density at radius 2 is 2.11 bits per heavy atom. The first-order chi connectivity index (χ1) is 9.24. The minimum Gasteiger partial charge on any atom is -0.349 e. The van der Waals surface area contributed by atoms with E-state index >= 15 is 0 Å². The van der Waals surface area contributed by atoms with Crippen molar-refractivity contribution in [2.75, 3.05) is 0 Å². The zero-order chi connectivity index (χ0) is 13.2. The van der Waals surface area contributed by atoms with Crippen molar-refractivity contribution in [2.45, 2.75) is 31.3 Å². The van der Waals surface area contributed by atoms with Gasteiger partial charge in [0, 0.05) is 24.5 Å². The van der Waals surface area contributed by atoms with Gasteiger partial charge in [0.25, 0.3) is 5.91 Å². The van der Waals surface area contributed by atoms with Gasteiger partial charge in [-0.1, -0.05) is 6.07 Å². The molecule has 19 heavy (non-hydrogen) atoms. The van der Waals surface area contributed by atoms with Crippen LogP contribution in [0.25, 0.3) is 11.0 Å². The fourth-order valence-electron chi connectivity index (χ4n) is 2.59. The number of amides is 1. The SMILES string of the molecule is N[C@@H]1CC[C@@H](NC(=O)c2cccc3nccnc23)C1. The molecule has 3 rings (SSSR count). The van der Waals surface area contributed by atoms with Gasteiger partial charge >= 0.3 is 0 Å². The molecule has 0 unspecified atom stereocenters. The zero-order valence-corrected chi connectivity index (χ0v) is 10.5. The van der Waals surface area contributed by atoms with Gasteiger partial charge < -0.3 is 11.1 Å². The minimum atomic E-state index is -0.0924. The van der Waals surface area contributed by atoms with Gasteiger partial charge in [0.1, 0.15) is 5.52 Å². The Morgan fingerprint density at radius 3 is 2.89 bits per heavy atom. The van der Waals surface area contributed by atoms with E-state index < -0.39 is 0 Å². The van der Waals surface area contributed by atoms with Gasteiger partial charge in [-0.05, 0) is 31.4 Å². The largest absolute Gasteiger partial charge is 0.349 e. The predicted molar refractivity (Wildman–Crippen MR) is 72.6 cm³/mol. The zero-order valence-electron chi connectivity index (χ0n) is 10.5. The molecule has 2 aromatic rings. The average Bonchev–Trinajstić information content (AvgIpc) is 2.83. The van der Waals surface area contributed by atoms with Gasteiger partial charge in [-0.3, -0.25) is 14.8 Å². The first-order valence-electron chi connectivity index (χ1n) is 6.50. The Morgan fingerprint density at radius 1 is 1.26 bits per heavy atom. The van der Waals surface area contributed by atoms with E-state index in [-0.39, 0.29) is 18.0 Å².